The zero-order valence-electron chi connectivity index (χ0n) is 40.6. The highest BCUT2D eigenvalue weighted by molar-refractivity contribution is 7.99. The van der Waals surface area contributed by atoms with E-state index in [-0.39, 0.29) is 60.6 Å². The van der Waals surface area contributed by atoms with Gasteiger partial charge in [-0.1, -0.05) is 73.1 Å². The molecule has 4 saturated heterocycles. The summed E-state index contributed by atoms with van der Waals surface area (Å²) in [5.41, 5.74) is 8.24. The Hall–Kier alpha value is -4.63. The largest absolute Gasteiger partial charge is 0.391 e. The number of pyridine rings is 1. The minimum atomic E-state index is -0.854. The Morgan fingerprint density at radius 3 is 2.30 bits per heavy atom. The minimum absolute atomic E-state index is 0.0521. The summed E-state index contributed by atoms with van der Waals surface area (Å²) in [6, 6.07) is 7.35. The van der Waals surface area contributed by atoms with Gasteiger partial charge in [0.2, 0.25) is 17.7 Å². The van der Waals surface area contributed by atoms with Crippen molar-refractivity contribution in [3.8, 4) is 0 Å². The summed E-state index contributed by atoms with van der Waals surface area (Å²) in [6.07, 6.45) is 8.36. The van der Waals surface area contributed by atoms with E-state index in [0.717, 1.165) is 36.4 Å². The maximum atomic E-state index is 14.1. The summed E-state index contributed by atoms with van der Waals surface area (Å²) < 4.78 is 1.55. The van der Waals surface area contributed by atoms with Crippen LogP contribution in [0.25, 0.3) is 0 Å². The quantitative estimate of drug-likeness (QED) is 0.119. The van der Waals surface area contributed by atoms with E-state index < -0.39 is 18.2 Å². The van der Waals surface area contributed by atoms with Crippen LogP contribution in [0.1, 0.15) is 88.3 Å². The fourth-order valence-electron chi connectivity index (χ4n) is 10.2. The summed E-state index contributed by atoms with van der Waals surface area (Å²) in [7, 11) is 0. The number of piperazine rings is 1. The number of aliphatic hydroxyl groups excluding tert-OH is 2. The molecule has 4 atom stereocenters. The van der Waals surface area contributed by atoms with Crippen LogP contribution < -0.4 is 20.9 Å². The van der Waals surface area contributed by atoms with Gasteiger partial charge < -0.3 is 40.9 Å². The summed E-state index contributed by atoms with van der Waals surface area (Å²) in [4.78, 5) is 67.2. The van der Waals surface area contributed by atoms with Crippen LogP contribution in [0.4, 0.5) is 11.6 Å². The molecule has 18 nitrogen and oxygen atoms in total. The lowest BCUT2D eigenvalue weighted by Crippen LogP contribution is -2.52. The fraction of sp³-hybridized carbons (Fsp3) is 0.592. The van der Waals surface area contributed by atoms with Crippen molar-refractivity contribution in [2.24, 2.45) is 23.0 Å². The first-order chi connectivity index (χ1) is 33.6. The molecule has 1 aromatic carbocycles. The van der Waals surface area contributed by atoms with Gasteiger partial charge in [-0.2, -0.15) is 0 Å². The molecule has 0 unspecified atom stereocenters. The first-order valence-electron chi connectivity index (χ1n) is 24.6. The highest BCUT2D eigenvalue weighted by Gasteiger charge is 2.43. The van der Waals surface area contributed by atoms with Crippen LogP contribution in [-0.4, -0.2) is 157 Å². The second kappa shape index (κ2) is 22.8. The van der Waals surface area contributed by atoms with Crippen molar-refractivity contribution in [3.63, 3.8) is 0 Å². The highest BCUT2D eigenvalue weighted by atomic mass is 35.5. The first kappa shape index (κ1) is 51.7. The van der Waals surface area contributed by atoms with E-state index in [4.69, 9.17) is 38.9 Å². The van der Waals surface area contributed by atoms with E-state index in [1.54, 1.807) is 42.3 Å². The van der Waals surface area contributed by atoms with Crippen LogP contribution in [0.2, 0.25) is 10.0 Å². The lowest BCUT2D eigenvalue weighted by molar-refractivity contribution is -0.142. The maximum Gasteiger partial charge on any atom is 0.248 e. The highest BCUT2D eigenvalue weighted by Crippen LogP contribution is 2.39. The Morgan fingerprint density at radius 1 is 0.957 bits per heavy atom. The molecule has 3 amide bonds. The summed E-state index contributed by atoms with van der Waals surface area (Å²) in [6.45, 7) is 14.5. The molecule has 0 spiro atoms. The molecular formula is C49H67Cl2N13O5S. The number of nitrogens with two attached hydrogens (primary N) is 1. The van der Waals surface area contributed by atoms with Crippen LogP contribution in [0, 0.1) is 24.2 Å². The SMILES string of the molecule is Cc1cn([C@H](C(=O)N2C[C@H](O)C[C@H]2C(=O)N[C@@H](CCN2CCN(C(=O)C3CCN(c4nccc(Sc5cnc(N6CCC(C)(CN)CC6)c(CO)n5)c4Cl)CC3)CC2)c2ccc(Cl)cc2)C(C)C)nn1. The van der Waals surface area contributed by atoms with Crippen molar-refractivity contribution >= 4 is 64.3 Å². The molecule has 4 aliphatic rings. The molecule has 0 saturated carbocycles. The molecular weight excluding hydrogens is 954 g/mol. The molecule has 378 valence electrons. The monoisotopic (exact) mass is 1020 g/mol. The number of carbonyl (C=O) groups excluding carboxylic acids is 3. The lowest BCUT2D eigenvalue weighted by Gasteiger charge is -2.39. The number of aromatic nitrogens is 6. The molecule has 7 heterocycles. The van der Waals surface area contributed by atoms with E-state index in [1.807, 2.05) is 36.9 Å². The Kier molecular flexibility index (Phi) is 16.9. The number of likely N-dealkylation sites (tertiary alicyclic amines) is 1. The molecule has 21 heteroatoms. The van der Waals surface area contributed by atoms with Crippen LogP contribution >= 0.6 is 35.0 Å². The van der Waals surface area contributed by atoms with E-state index in [2.05, 4.69) is 42.2 Å². The summed E-state index contributed by atoms with van der Waals surface area (Å²) in [5.74, 6) is 0.706. The van der Waals surface area contributed by atoms with Crippen molar-refractivity contribution in [1.82, 2.24) is 50.0 Å². The van der Waals surface area contributed by atoms with Gasteiger partial charge in [-0.3, -0.25) is 19.3 Å². The zero-order valence-corrected chi connectivity index (χ0v) is 42.9. The Bertz CT molecular complexity index is 2440. The predicted molar refractivity (Wildman–Crippen MR) is 270 cm³/mol. The number of hydrogen-bond donors (Lipinski definition) is 4. The van der Waals surface area contributed by atoms with E-state index in [0.29, 0.717) is 110 Å². The third kappa shape index (κ3) is 12.0. The van der Waals surface area contributed by atoms with Crippen molar-refractivity contribution in [1.29, 1.82) is 0 Å². The van der Waals surface area contributed by atoms with Crippen molar-refractivity contribution < 1.29 is 24.6 Å². The number of amides is 3. The number of piperidine rings is 2. The number of nitrogens with zero attached hydrogens (tertiary/aromatic N) is 11. The van der Waals surface area contributed by atoms with Gasteiger partial charge in [0.05, 0.1) is 35.7 Å². The standard InChI is InChI=1S/C49H67Cl2N13O5S/c1-31(2)43(64-27-32(3)57-58-64)48(69)63-28-36(66)25-39(63)46(67)56-37(33-5-7-35(50)8-6-33)12-16-59-21-23-62(24-22-59)47(68)34-10-17-60(18-11-34)45-42(51)40(9-15-53-45)70-41-26-54-44(38(29-65)55-41)61-19-13-49(4,30-52)14-20-61/h5-9,15,26-27,31,34,36-37,39,43,65-66H,10-14,16-25,28-30,52H2,1-4H3,(H,56,67)/t36-,37+,39+,43+/m1/s1. The number of aryl methyl sites for hydroxylation is 1. The van der Waals surface area contributed by atoms with Crippen molar-refractivity contribution in [3.05, 3.63) is 75.9 Å². The average molecular weight is 1020 g/mol. The second-order valence-electron chi connectivity index (χ2n) is 19.9. The topological polar surface area (TPSA) is 215 Å². The van der Waals surface area contributed by atoms with Gasteiger partial charge in [-0.05, 0) is 80.7 Å². The predicted octanol–water partition coefficient (Wildman–Crippen LogP) is 4.75. The summed E-state index contributed by atoms with van der Waals surface area (Å²) in [5, 5.41) is 34.2. The fourth-order valence-corrected chi connectivity index (χ4v) is 11.4. The van der Waals surface area contributed by atoms with Crippen molar-refractivity contribution in [2.75, 3.05) is 81.8 Å². The Labute approximate surface area is 424 Å². The molecule has 0 radical (unpaired) electrons. The smallest absolute Gasteiger partial charge is 0.248 e. The van der Waals surface area contributed by atoms with Crippen molar-refractivity contribution in [2.45, 2.75) is 107 Å². The van der Waals surface area contributed by atoms with Gasteiger partial charge in [0.15, 0.2) is 5.82 Å². The van der Waals surface area contributed by atoms with Crippen LogP contribution in [-0.2, 0) is 21.0 Å². The van der Waals surface area contributed by atoms with Gasteiger partial charge in [0.1, 0.15) is 28.6 Å². The zero-order chi connectivity index (χ0) is 49.7. The molecule has 0 aliphatic carbocycles. The molecule has 70 heavy (non-hydrogen) atoms. The van der Waals surface area contributed by atoms with E-state index >= 15 is 0 Å². The second-order valence-corrected chi connectivity index (χ2v) is 21.8. The van der Waals surface area contributed by atoms with Crippen LogP contribution in [0.3, 0.4) is 0 Å². The third-order valence-corrected chi connectivity index (χ3v) is 16.3. The molecule has 5 N–H and O–H groups in total. The number of benzene rings is 1. The number of anilines is 2. The van der Waals surface area contributed by atoms with Gasteiger partial charge in [0, 0.05) is 100 Å². The number of hydrogen-bond acceptors (Lipinski definition) is 15. The van der Waals surface area contributed by atoms with Gasteiger partial charge in [-0.25, -0.2) is 19.6 Å². The van der Waals surface area contributed by atoms with Gasteiger partial charge in [-0.15, -0.1) is 5.10 Å². The minimum Gasteiger partial charge on any atom is -0.391 e. The van der Waals surface area contributed by atoms with Crippen LogP contribution in [0.5, 0.6) is 0 Å². The number of aliphatic hydroxyl groups is 2. The molecule has 4 fully saturated rings. The van der Waals surface area contributed by atoms with Gasteiger partial charge in [0.25, 0.3) is 0 Å². The summed E-state index contributed by atoms with van der Waals surface area (Å²) >= 11 is 14.7. The number of carbonyl (C=O) groups is 3. The van der Waals surface area contributed by atoms with E-state index in [9.17, 15) is 24.6 Å². The Morgan fingerprint density at radius 2 is 1.66 bits per heavy atom. The number of rotatable bonds is 16. The van der Waals surface area contributed by atoms with E-state index in [1.165, 1.54) is 16.7 Å². The average Bonchev–Trinajstić information content (AvgIpc) is 3.98. The molecule has 4 aliphatic heterocycles. The molecule has 0 bridgehead atoms. The Balaban J connectivity index is 0.827. The first-order valence-corrected chi connectivity index (χ1v) is 26.1. The molecule has 4 aromatic rings. The molecule has 8 rings (SSSR count). The number of nitrogens with one attached hydrogen (secondary N) is 1. The van der Waals surface area contributed by atoms with Crippen LogP contribution in [0.15, 0.2) is 58.8 Å². The maximum absolute atomic E-state index is 14.1. The number of β-amino-alcohol motifs (C(OH)–C–C–N with tert-alkyl or cyclic N) is 1. The number of halogens is 2. The lowest BCUT2D eigenvalue weighted by atomic mass is 9.80. The van der Waals surface area contributed by atoms with Gasteiger partial charge >= 0.3 is 0 Å². The third-order valence-electron chi connectivity index (χ3n) is 14.6. The molecule has 3 aromatic heterocycles. The normalized spacial score (nSPS) is 21.1.